The van der Waals surface area contributed by atoms with Gasteiger partial charge in [0.2, 0.25) is 0 Å². The van der Waals surface area contributed by atoms with E-state index >= 15 is 0 Å². The van der Waals surface area contributed by atoms with Gasteiger partial charge in [-0.05, 0) is 37.4 Å². The Balaban J connectivity index is 2.00. The third-order valence-corrected chi connectivity index (χ3v) is 3.53. The van der Waals surface area contributed by atoms with Gasteiger partial charge in [-0.25, -0.2) is 0 Å². The summed E-state index contributed by atoms with van der Waals surface area (Å²) < 4.78 is 0. The Morgan fingerprint density at radius 2 is 1.88 bits per heavy atom. The number of hydrogen-bond acceptors (Lipinski definition) is 2. The molecule has 0 saturated carbocycles. The molecule has 2 N–H and O–H groups in total. The minimum Gasteiger partial charge on any atom is -0.388 e. The Morgan fingerprint density at radius 3 is 2.50 bits per heavy atom. The lowest BCUT2D eigenvalue weighted by molar-refractivity contribution is 0.161. The van der Waals surface area contributed by atoms with Crippen LogP contribution in [0.25, 0.3) is 0 Å². The predicted octanol–water partition coefficient (Wildman–Crippen LogP) is 2.31. The van der Waals surface area contributed by atoms with E-state index in [1.807, 2.05) is 30.3 Å². The molecular formula is C14H20NO. The molecule has 1 radical (unpaired) electrons. The van der Waals surface area contributed by atoms with Crippen LogP contribution in [0.3, 0.4) is 0 Å². The fraction of sp³-hybridized carbons (Fsp3) is 0.500. The van der Waals surface area contributed by atoms with Crippen molar-refractivity contribution in [2.24, 2.45) is 5.92 Å². The van der Waals surface area contributed by atoms with Crippen molar-refractivity contribution in [3.8, 4) is 0 Å². The lowest BCUT2D eigenvalue weighted by Gasteiger charge is -2.31. The molecule has 1 heterocycles. The summed E-state index contributed by atoms with van der Waals surface area (Å²) in [5.41, 5.74) is 1.01. The molecule has 1 aliphatic rings. The lowest BCUT2D eigenvalue weighted by Crippen LogP contribution is -2.31. The van der Waals surface area contributed by atoms with Gasteiger partial charge in [0.1, 0.15) is 0 Å². The van der Waals surface area contributed by atoms with E-state index in [-0.39, 0.29) is 0 Å². The smallest absolute Gasteiger partial charge is 0.0852 e. The standard InChI is InChI=1S/C14H20NO/c1-11(12-7-9-15-10-8-12)14(16)13-5-3-2-4-6-13/h2-6,12,14-16H,7-10H2,1H3. The molecule has 2 heteroatoms. The van der Waals surface area contributed by atoms with E-state index in [0.29, 0.717) is 5.92 Å². The lowest BCUT2D eigenvalue weighted by atomic mass is 9.80. The maximum Gasteiger partial charge on any atom is 0.0852 e. The summed E-state index contributed by atoms with van der Waals surface area (Å²) in [6, 6.07) is 9.93. The van der Waals surface area contributed by atoms with Gasteiger partial charge in [-0.3, -0.25) is 0 Å². The summed E-state index contributed by atoms with van der Waals surface area (Å²) in [5.74, 6) is 1.78. The van der Waals surface area contributed by atoms with Crippen molar-refractivity contribution >= 4 is 0 Å². The van der Waals surface area contributed by atoms with Gasteiger partial charge in [0, 0.05) is 5.92 Å². The highest BCUT2D eigenvalue weighted by Gasteiger charge is 2.26. The summed E-state index contributed by atoms with van der Waals surface area (Å²) in [6.45, 7) is 4.24. The van der Waals surface area contributed by atoms with Crippen LogP contribution < -0.4 is 5.32 Å². The molecule has 1 unspecified atom stereocenters. The van der Waals surface area contributed by atoms with Gasteiger partial charge in [0.25, 0.3) is 0 Å². The molecule has 2 rings (SSSR count). The van der Waals surface area contributed by atoms with Gasteiger partial charge < -0.3 is 10.4 Å². The monoisotopic (exact) mass is 218 g/mol. The number of aliphatic hydroxyl groups excluding tert-OH is 1. The molecule has 87 valence electrons. The molecule has 1 saturated heterocycles. The van der Waals surface area contributed by atoms with Crippen LogP contribution in [0.15, 0.2) is 30.3 Å². The van der Waals surface area contributed by atoms with Crippen molar-refractivity contribution in [1.82, 2.24) is 5.32 Å². The molecule has 0 aromatic heterocycles. The van der Waals surface area contributed by atoms with Crippen LogP contribution in [0, 0.1) is 11.8 Å². The average Bonchev–Trinajstić information content (AvgIpc) is 2.39. The average molecular weight is 218 g/mol. The Labute approximate surface area is 97.7 Å². The first-order chi connectivity index (χ1) is 7.79. The van der Waals surface area contributed by atoms with Crippen molar-refractivity contribution < 1.29 is 5.11 Å². The van der Waals surface area contributed by atoms with Crippen molar-refractivity contribution in [1.29, 1.82) is 0 Å². The highest BCUT2D eigenvalue weighted by atomic mass is 16.3. The summed E-state index contributed by atoms with van der Waals surface area (Å²) >= 11 is 0. The second-order valence-corrected chi connectivity index (χ2v) is 4.58. The molecule has 0 aliphatic carbocycles. The zero-order valence-electron chi connectivity index (χ0n) is 9.82. The predicted molar refractivity (Wildman–Crippen MR) is 65.9 cm³/mol. The molecule has 1 aromatic rings. The Bertz CT molecular complexity index is 306. The number of benzene rings is 1. The van der Waals surface area contributed by atoms with Crippen LogP contribution in [0.4, 0.5) is 0 Å². The molecule has 0 amide bonds. The van der Waals surface area contributed by atoms with Crippen LogP contribution in [-0.4, -0.2) is 18.2 Å². The quantitative estimate of drug-likeness (QED) is 0.816. The molecular weight excluding hydrogens is 198 g/mol. The normalized spacial score (nSPS) is 19.9. The van der Waals surface area contributed by atoms with Gasteiger partial charge in [-0.15, -0.1) is 0 Å². The summed E-state index contributed by atoms with van der Waals surface area (Å²) in [7, 11) is 0. The topological polar surface area (TPSA) is 32.3 Å². The Morgan fingerprint density at radius 1 is 1.25 bits per heavy atom. The summed E-state index contributed by atoms with van der Waals surface area (Å²) in [6.07, 6.45) is 1.90. The van der Waals surface area contributed by atoms with E-state index in [4.69, 9.17) is 0 Å². The number of aliphatic hydroxyl groups is 1. The van der Waals surface area contributed by atoms with Crippen LogP contribution in [0.5, 0.6) is 0 Å². The second kappa shape index (κ2) is 5.46. The Hall–Kier alpha value is -0.860. The minimum absolute atomic E-state index is 0.399. The van der Waals surface area contributed by atoms with Gasteiger partial charge in [-0.1, -0.05) is 37.3 Å². The van der Waals surface area contributed by atoms with E-state index in [0.717, 1.165) is 31.5 Å². The number of nitrogens with one attached hydrogen (secondary N) is 1. The second-order valence-electron chi connectivity index (χ2n) is 4.58. The maximum atomic E-state index is 10.3. The summed E-state index contributed by atoms with van der Waals surface area (Å²) in [4.78, 5) is 0. The molecule has 16 heavy (non-hydrogen) atoms. The Kier molecular flexibility index (Phi) is 3.97. The van der Waals surface area contributed by atoms with E-state index in [1.54, 1.807) is 0 Å². The number of hydrogen-bond donors (Lipinski definition) is 2. The van der Waals surface area contributed by atoms with Crippen molar-refractivity contribution in [3.63, 3.8) is 0 Å². The molecule has 1 atom stereocenters. The van der Waals surface area contributed by atoms with Crippen LogP contribution in [0.1, 0.15) is 31.4 Å². The minimum atomic E-state index is -0.399. The van der Waals surface area contributed by atoms with Crippen LogP contribution >= 0.6 is 0 Å². The largest absolute Gasteiger partial charge is 0.388 e. The molecule has 1 fully saturated rings. The first kappa shape index (κ1) is 11.6. The van der Waals surface area contributed by atoms with Crippen LogP contribution in [0.2, 0.25) is 0 Å². The SMILES string of the molecule is C[C](C1CCNCC1)C(O)c1ccccc1. The van der Waals surface area contributed by atoms with E-state index in [2.05, 4.69) is 12.2 Å². The van der Waals surface area contributed by atoms with Gasteiger partial charge >= 0.3 is 0 Å². The molecule has 1 aromatic carbocycles. The fourth-order valence-electron chi connectivity index (χ4n) is 2.40. The molecule has 2 nitrogen and oxygen atoms in total. The first-order valence-electron chi connectivity index (χ1n) is 6.06. The number of piperidine rings is 1. The van der Waals surface area contributed by atoms with Gasteiger partial charge in [0.05, 0.1) is 6.10 Å². The molecule has 1 aliphatic heterocycles. The van der Waals surface area contributed by atoms with Crippen LogP contribution in [-0.2, 0) is 0 Å². The van der Waals surface area contributed by atoms with E-state index in [9.17, 15) is 5.11 Å². The van der Waals surface area contributed by atoms with Crippen molar-refractivity contribution in [3.05, 3.63) is 41.8 Å². The maximum absolute atomic E-state index is 10.3. The fourth-order valence-corrected chi connectivity index (χ4v) is 2.40. The zero-order valence-corrected chi connectivity index (χ0v) is 9.82. The zero-order chi connectivity index (χ0) is 11.4. The van der Waals surface area contributed by atoms with Crippen molar-refractivity contribution in [2.75, 3.05) is 13.1 Å². The van der Waals surface area contributed by atoms with Gasteiger partial charge in [-0.2, -0.15) is 0 Å². The van der Waals surface area contributed by atoms with Crippen molar-refractivity contribution in [2.45, 2.75) is 25.9 Å². The third-order valence-electron chi connectivity index (χ3n) is 3.53. The highest BCUT2D eigenvalue weighted by Crippen LogP contribution is 2.34. The third kappa shape index (κ3) is 2.63. The van der Waals surface area contributed by atoms with E-state index < -0.39 is 6.10 Å². The molecule has 0 spiro atoms. The first-order valence-corrected chi connectivity index (χ1v) is 6.06. The number of rotatable bonds is 3. The van der Waals surface area contributed by atoms with E-state index in [1.165, 1.54) is 5.92 Å². The highest BCUT2D eigenvalue weighted by molar-refractivity contribution is 5.23. The van der Waals surface area contributed by atoms with Gasteiger partial charge in [0.15, 0.2) is 0 Å². The molecule has 0 bridgehead atoms. The summed E-state index contributed by atoms with van der Waals surface area (Å²) in [5, 5.41) is 13.6.